The molecule has 31 nitrogen and oxygen atoms in total. The fourth-order valence-corrected chi connectivity index (χ4v) is 18.1. The molecule has 1 aromatic heterocycles. The van der Waals surface area contributed by atoms with Gasteiger partial charge in [-0.25, -0.2) is 34.2 Å². The molecule has 21 N–H and O–H groups in total. The third-order valence-electron chi connectivity index (χ3n) is 25.2. The molecule has 11 aromatic carbocycles. The zero-order valence-corrected chi connectivity index (χ0v) is 85.0. The number of carbonyl (C=O) groups is 8. The van der Waals surface area contributed by atoms with Gasteiger partial charge in [0.05, 0.1) is 61.4 Å². The summed E-state index contributed by atoms with van der Waals surface area (Å²) in [6.45, 7) is 7.45. The van der Waals surface area contributed by atoms with Gasteiger partial charge < -0.3 is 80.0 Å². The van der Waals surface area contributed by atoms with E-state index in [4.69, 9.17) is 32.4 Å². The van der Waals surface area contributed by atoms with E-state index in [1.165, 1.54) is 0 Å². The van der Waals surface area contributed by atoms with Crippen LogP contribution in [0.1, 0.15) is 166 Å². The minimum Gasteiger partial charge on any atom is -0.392 e. The van der Waals surface area contributed by atoms with Crippen molar-refractivity contribution in [3.05, 3.63) is 410 Å². The van der Waals surface area contributed by atoms with Gasteiger partial charge in [0.1, 0.15) is 0 Å². The average molecular weight is 2030 g/mol. The second-order valence-corrected chi connectivity index (χ2v) is 37.9. The van der Waals surface area contributed by atoms with Crippen molar-refractivity contribution in [2.24, 2.45) is 54.7 Å². The first-order valence-electron chi connectivity index (χ1n) is 50.7. The topological polar surface area (TPSA) is 473 Å². The number of benzene rings is 11. The Morgan fingerprint density at radius 3 is 1.16 bits per heavy atom. The molecule has 0 radical (unpaired) electrons. The van der Waals surface area contributed by atoms with Gasteiger partial charge in [-0.1, -0.05) is 316 Å². The maximum absolute atomic E-state index is 13.3. The van der Waals surface area contributed by atoms with Crippen LogP contribution in [0.5, 0.6) is 0 Å². The third kappa shape index (κ3) is 41.4. The molecule has 1 aliphatic carbocycles. The van der Waals surface area contributed by atoms with Gasteiger partial charge in [0, 0.05) is 82.8 Å². The summed E-state index contributed by atoms with van der Waals surface area (Å²) in [6.07, 6.45) is 9.92. The quantitative estimate of drug-likeness (QED) is 0.0126. The van der Waals surface area contributed by atoms with E-state index >= 15 is 0 Å². The Hall–Kier alpha value is -16.2. The lowest BCUT2D eigenvalue weighted by Crippen LogP contribution is -2.45. The van der Waals surface area contributed by atoms with Crippen LogP contribution in [0.25, 0.3) is 0 Å². The van der Waals surface area contributed by atoms with E-state index in [0.717, 1.165) is 142 Å². The number of aliphatic imine (C=N–C) groups is 4. The minimum atomic E-state index is -0.654. The molecule has 12 aromatic rings. The van der Waals surface area contributed by atoms with Gasteiger partial charge in [0.2, 0.25) is 29.6 Å². The smallest absolute Gasteiger partial charge is 0.321 e. The van der Waals surface area contributed by atoms with Gasteiger partial charge in [-0.05, 0) is 179 Å². The van der Waals surface area contributed by atoms with Crippen molar-refractivity contribution in [2.45, 2.75) is 165 Å². The van der Waals surface area contributed by atoms with Crippen molar-refractivity contribution in [1.29, 1.82) is 0 Å². The highest BCUT2D eigenvalue weighted by Gasteiger charge is 2.29. The van der Waals surface area contributed by atoms with E-state index in [2.05, 4.69) is 95.9 Å². The Morgan fingerprint density at radius 2 is 0.732 bits per heavy atom. The lowest BCUT2D eigenvalue weighted by molar-refractivity contribution is -0.123. The predicted molar refractivity (Wildman–Crippen MR) is 588 cm³/mol. The number of urea groups is 4. The average Bonchev–Trinajstić information content (AvgIpc) is 1.15. The molecular weight excluding hydrogens is 1890 g/mol. The van der Waals surface area contributed by atoms with Crippen molar-refractivity contribution in [2.75, 3.05) is 45.9 Å². The van der Waals surface area contributed by atoms with E-state index in [0.29, 0.717) is 102 Å². The SMILES string of the molecule is CC(O)CNC(=O)NC(N)=NCc1cccc(CNC(=O)C(Cc2ccccc2)c2ccccc2)c1.NC(=NC[C@@H]1CCC[C@H](CNC(=O)C(Cc2ccccc2)c2ccccc2)C1)NC(=O)NCC1CCCO1.NC(=NCc1cccc(CNC(=O)C(Cc2ccccc2)c2ccccc2)c1)NC(=O)NCc1cccs1.NC(=Nc1cccc(CNC(=O)CC(c2ccccc2)c2ccccc2)c1)NC(=O)NCC1CCCO1. The molecule has 3 heterocycles. The summed E-state index contributed by atoms with van der Waals surface area (Å²) in [6, 6.07) is 105. The normalized spacial score (nSPS) is 15.7. The summed E-state index contributed by atoms with van der Waals surface area (Å²) >= 11 is 1.57. The number of nitrogens with one attached hydrogen (secondary N) is 12. The van der Waals surface area contributed by atoms with Crippen LogP contribution in [0.3, 0.4) is 0 Å². The van der Waals surface area contributed by atoms with Gasteiger partial charge in [-0.2, -0.15) is 0 Å². The van der Waals surface area contributed by atoms with Crippen LogP contribution in [-0.4, -0.2) is 141 Å². The van der Waals surface area contributed by atoms with Gasteiger partial charge >= 0.3 is 24.1 Å². The molecule has 6 unspecified atom stereocenters. The molecule has 1 saturated carbocycles. The Labute approximate surface area is 876 Å². The van der Waals surface area contributed by atoms with Crippen molar-refractivity contribution in [3.63, 3.8) is 0 Å². The molecule has 149 heavy (non-hydrogen) atoms. The number of aliphatic hydroxyl groups is 1. The summed E-state index contributed by atoms with van der Waals surface area (Å²) < 4.78 is 11.0. The van der Waals surface area contributed by atoms with Crippen LogP contribution in [-0.2, 0) is 87.2 Å². The Bertz CT molecular complexity index is 6200. The van der Waals surface area contributed by atoms with Crippen molar-refractivity contribution in [3.8, 4) is 0 Å². The molecule has 3 aliphatic rings. The van der Waals surface area contributed by atoms with Crippen LogP contribution in [0, 0.1) is 11.8 Å². The highest BCUT2D eigenvalue weighted by atomic mass is 32.1. The van der Waals surface area contributed by atoms with Crippen molar-refractivity contribution >= 4 is 88.6 Å². The largest absolute Gasteiger partial charge is 0.392 e. The standard InChI is InChI=1S/C30H41N5O3.C30H31N5O2S.C29H33N5O3.C28H33N5O3/c2*31-29(35-30(37)34-21-26-15-8-16-38-26)33-20-24-12-7-11-23(17-24)19-32-28(36)27(25-13-5-2-6-14-25)18-22-9-3-1-4-10-22;30-28(34-29(36)32-20-25-15-8-16-37-25)33-24-14-7-9-21(17-24)19-31-27(35)18-26(22-10-3-1-4-11-22)23-12-5-2-6-13-23;1-20(34)17-32-28(36)33-27(29)31-19-23-12-8-11-22(15-23)18-30-26(35)25(24-13-6-3-7-14-24)16-21-9-4-2-5-10-21/h1-6,9-10,13-14,23-24,26-27H,7-8,11-12,15-21H2,(H,32,36)(H4,31,33,34,35,37);1-17,27H,18-21H2,(H,32,36)(H4,31,33,34,35,37);1-7,9-14,17,25-26H,8,15-16,18-20H2,(H,31,35)(H4,30,32,33,34,36);2-15,20,25,34H,16-19H2,1H3,(H,30,35)(H4,29,31,32,33,36)/t23-,24+,26?,27?;;;/m0.../s1. The first kappa shape index (κ1) is 112. The maximum atomic E-state index is 13.3. The monoisotopic (exact) mass is 2030 g/mol. The van der Waals surface area contributed by atoms with Gasteiger partial charge in [0.25, 0.3) is 0 Å². The van der Waals surface area contributed by atoms with Crippen LogP contribution < -0.4 is 86.7 Å². The fourth-order valence-electron chi connectivity index (χ4n) is 17.5. The minimum absolute atomic E-state index is 0.0143. The number of nitrogens with two attached hydrogens (primary N) is 4. The number of amides is 12. The molecule has 778 valence electrons. The van der Waals surface area contributed by atoms with Crippen molar-refractivity contribution < 1.29 is 52.9 Å². The molecule has 2 aliphatic heterocycles. The zero-order valence-electron chi connectivity index (χ0n) is 84.2. The Kier molecular flexibility index (Phi) is 46.4. The van der Waals surface area contributed by atoms with E-state index in [-0.39, 0.29) is 102 Å². The highest BCUT2D eigenvalue weighted by Crippen LogP contribution is 2.32. The first-order valence-corrected chi connectivity index (χ1v) is 51.6. The number of carbonyl (C=O) groups excluding carboxylic acids is 8. The number of thiophene rings is 1. The van der Waals surface area contributed by atoms with E-state index in [1.54, 1.807) is 24.3 Å². The molecular formula is C117H138N20O11S. The predicted octanol–water partition coefficient (Wildman–Crippen LogP) is 15.2. The second-order valence-electron chi connectivity index (χ2n) is 36.8. The maximum Gasteiger partial charge on any atom is 0.321 e. The number of ether oxygens (including phenoxy) is 2. The molecule has 8 atom stereocenters. The zero-order chi connectivity index (χ0) is 105. The summed E-state index contributed by atoms with van der Waals surface area (Å²) in [4.78, 5) is 119. The van der Waals surface area contributed by atoms with Gasteiger partial charge in [-0.3, -0.25) is 45.4 Å². The number of hydrogen-bond acceptors (Lipinski definition) is 16. The Morgan fingerprint density at radius 1 is 0.356 bits per heavy atom. The fraction of sp³-hybridized carbons (Fsp3) is 0.299. The molecule has 32 heteroatoms. The third-order valence-corrected chi connectivity index (χ3v) is 26.0. The number of nitrogens with zero attached hydrogens (tertiary/aromatic N) is 4. The van der Waals surface area contributed by atoms with Gasteiger partial charge in [0.15, 0.2) is 17.9 Å². The molecule has 2 saturated heterocycles. The molecule has 3 fully saturated rings. The van der Waals surface area contributed by atoms with Crippen molar-refractivity contribution in [1.82, 2.24) is 63.8 Å². The van der Waals surface area contributed by atoms with E-state index < -0.39 is 24.2 Å². The van der Waals surface area contributed by atoms with E-state index in [9.17, 15) is 43.5 Å². The van der Waals surface area contributed by atoms with Crippen LogP contribution in [0.2, 0.25) is 0 Å². The highest BCUT2D eigenvalue weighted by molar-refractivity contribution is 7.09. The van der Waals surface area contributed by atoms with Gasteiger partial charge in [-0.15, -0.1) is 11.3 Å². The van der Waals surface area contributed by atoms with Crippen LogP contribution in [0.4, 0.5) is 24.9 Å². The Balaban J connectivity index is 0.000000176. The molecule has 0 spiro atoms. The number of rotatable bonds is 39. The molecule has 12 amide bonds. The first-order chi connectivity index (χ1) is 72.6. The summed E-state index contributed by atoms with van der Waals surface area (Å²) in [5.41, 5.74) is 37.2. The second kappa shape index (κ2) is 62.0. The number of guanidine groups is 4. The van der Waals surface area contributed by atoms with E-state index in [1.807, 2.05) is 315 Å². The van der Waals surface area contributed by atoms with Crippen LogP contribution >= 0.6 is 11.3 Å². The number of aliphatic hydroxyl groups excluding tert-OH is 1. The summed E-state index contributed by atoms with van der Waals surface area (Å²) in [5, 5.41) is 44.5. The lowest BCUT2D eigenvalue weighted by Gasteiger charge is -2.29. The summed E-state index contributed by atoms with van der Waals surface area (Å²) in [5.74, 6) is 0.0545. The van der Waals surface area contributed by atoms with Crippen LogP contribution in [0.15, 0.2) is 353 Å². The lowest BCUT2D eigenvalue weighted by atomic mass is 9.81. The number of hydrogen-bond donors (Lipinski definition) is 17. The molecule has 0 bridgehead atoms. The summed E-state index contributed by atoms with van der Waals surface area (Å²) in [7, 11) is 0. The molecule has 15 rings (SSSR count).